The Balaban J connectivity index is 2.30. The molecule has 6 heteroatoms. The van der Waals surface area contributed by atoms with Gasteiger partial charge in [-0.1, -0.05) is 18.2 Å². The van der Waals surface area contributed by atoms with Gasteiger partial charge in [-0.2, -0.15) is 4.98 Å². The van der Waals surface area contributed by atoms with Crippen molar-refractivity contribution >= 4 is 23.1 Å². The number of hydrogen-bond acceptors (Lipinski definition) is 5. The van der Waals surface area contributed by atoms with Crippen molar-refractivity contribution in [2.24, 2.45) is 0 Å². The van der Waals surface area contributed by atoms with Gasteiger partial charge in [0.2, 0.25) is 4.77 Å². The second kappa shape index (κ2) is 4.74. The van der Waals surface area contributed by atoms with Gasteiger partial charge in [0.25, 0.3) is 6.01 Å². The average Bonchev–Trinajstić information content (AvgIpc) is 2.46. The van der Waals surface area contributed by atoms with Crippen LogP contribution in [0.3, 0.4) is 0 Å². The highest BCUT2D eigenvalue weighted by Crippen LogP contribution is 2.24. The van der Waals surface area contributed by atoms with E-state index < -0.39 is 0 Å². The Morgan fingerprint density at radius 3 is 2.84 bits per heavy atom. The largest absolute Gasteiger partial charge is 0.468 e. The summed E-state index contributed by atoms with van der Waals surface area (Å²) < 4.78 is 5.31. The minimum Gasteiger partial charge on any atom is -0.468 e. The maximum absolute atomic E-state index is 5.08. The first kappa shape index (κ1) is 11.7. The van der Waals surface area contributed by atoms with Gasteiger partial charge in [0, 0.05) is 17.1 Å². The molecular weight excluding hydrogens is 260 g/mol. The first-order chi connectivity index (χ1) is 9.28. The number of nitrogens with zero attached hydrogens (tertiary/aromatic N) is 3. The topological polar surface area (TPSA) is 63.7 Å². The van der Waals surface area contributed by atoms with Gasteiger partial charge in [0.05, 0.1) is 12.6 Å². The number of para-hydroxylation sites is 1. The summed E-state index contributed by atoms with van der Waals surface area (Å²) in [4.78, 5) is 15.6. The first-order valence-corrected chi connectivity index (χ1v) is 6.05. The maximum atomic E-state index is 5.08. The fraction of sp³-hybridized carbons (Fsp3) is 0.0769. The predicted octanol–water partition coefficient (Wildman–Crippen LogP) is 2.76. The highest BCUT2D eigenvalue weighted by atomic mass is 32.1. The molecule has 0 radical (unpaired) electrons. The molecule has 3 aromatic rings. The number of methoxy groups -OCH3 is 1. The van der Waals surface area contributed by atoms with E-state index in [2.05, 4.69) is 19.9 Å². The normalized spacial score (nSPS) is 10.6. The number of fused-ring (bicyclic) bond motifs is 1. The fourth-order valence-corrected chi connectivity index (χ4v) is 2.06. The predicted molar refractivity (Wildman–Crippen MR) is 74.5 cm³/mol. The molecule has 0 atom stereocenters. The Morgan fingerprint density at radius 1 is 1.16 bits per heavy atom. The summed E-state index contributed by atoms with van der Waals surface area (Å²) in [6.07, 6.45) is 1.75. The van der Waals surface area contributed by atoms with Crippen molar-refractivity contribution in [3.05, 3.63) is 41.3 Å². The standard InChI is InChI=1S/C13H10N4OS/c1-18-12-15-11(16-13(19)17-12)9-6-2-4-8-5-3-7-14-10(8)9/h2-7H,1H3,(H,15,16,17,19). The Bertz CT molecular complexity index is 795. The van der Waals surface area contributed by atoms with E-state index in [-0.39, 0.29) is 4.77 Å². The molecule has 1 N–H and O–H groups in total. The maximum Gasteiger partial charge on any atom is 0.297 e. The van der Waals surface area contributed by atoms with E-state index in [1.807, 2.05) is 30.3 Å². The van der Waals surface area contributed by atoms with Crippen LogP contribution in [0.4, 0.5) is 0 Å². The van der Waals surface area contributed by atoms with Crippen LogP contribution in [0.25, 0.3) is 22.3 Å². The van der Waals surface area contributed by atoms with Crippen LogP contribution in [0.1, 0.15) is 0 Å². The lowest BCUT2D eigenvalue weighted by Gasteiger charge is -2.06. The van der Waals surface area contributed by atoms with E-state index in [0.717, 1.165) is 16.5 Å². The minimum atomic E-state index is 0.235. The summed E-state index contributed by atoms with van der Waals surface area (Å²) in [5, 5.41) is 1.04. The Morgan fingerprint density at radius 2 is 2.00 bits per heavy atom. The molecule has 94 valence electrons. The number of H-pyrrole nitrogens is 1. The molecule has 2 aromatic heterocycles. The number of hydrogen-bond donors (Lipinski definition) is 1. The third-order valence-electron chi connectivity index (χ3n) is 2.71. The molecule has 0 aliphatic heterocycles. The number of nitrogens with one attached hydrogen (secondary N) is 1. The van der Waals surface area contributed by atoms with Gasteiger partial charge in [-0.25, -0.2) is 4.98 Å². The Kier molecular flexibility index (Phi) is 2.92. The SMILES string of the molecule is COc1nc(=S)nc(-c2cccc3cccnc23)[nH]1. The number of aromatic amines is 1. The zero-order valence-electron chi connectivity index (χ0n) is 10.1. The summed E-state index contributed by atoms with van der Waals surface area (Å²) >= 11 is 5.03. The number of rotatable bonds is 2. The molecule has 0 saturated carbocycles. The van der Waals surface area contributed by atoms with Crippen LogP contribution in [0, 0.1) is 4.77 Å². The molecule has 5 nitrogen and oxygen atoms in total. The van der Waals surface area contributed by atoms with E-state index >= 15 is 0 Å². The molecule has 1 aromatic carbocycles. The first-order valence-electron chi connectivity index (χ1n) is 5.64. The molecule has 0 saturated heterocycles. The van der Waals surface area contributed by atoms with Crippen molar-refractivity contribution in [3.63, 3.8) is 0 Å². The van der Waals surface area contributed by atoms with E-state index in [0.29, 0.717) is 11.8 Å². The fourth-order valence-electron chi connectivity index (χ4n) is 1.88. The summed E-state index contributed by atoms with van der Waals surface area (Å²) in [5.74, 6) is 0.598. The molecule has 0 aliphatic carbocycles. The van der Waals surface area contributed by atoms with Crippen molar-refractivity contribution in [1.82, 2.24) is 19.9 Å². The minimum absolute atomic E-state index is 0.235. The summed E-state index contributed by atoms with van der Waals surface area (Å²) in [6.45, 7) is 0. The van der Waals surface area contributed by atoms with Crippen molar-refractivity contribution in [3.8, 4) is 17.4 Å². The van der Waals surface area contributed by atoms with E-state index in [1.165, 1.54) is 7.11 Å². The van der Waals surface area contributed by atoms with Gasteiger partial charge < -0.3 is 4.74 Å². The van der Waals surface area contributed by atoms with Crippen LogP contribution >= 0.6 is 12.2 Å². The van der Waals surface area contributed by atoms with Crippen molar-refractivity contribution < 1.29 is 4.74 Å². The number of benzene rings is 1. The third kappa shape index (κ3) is 2.17. The highest BCUT2D eigenvalue weighted by Gasteiger charge is 2.08. The molecule has 0 spiro atoms. The van der Waals surface area contributed by atoms with Gasteiger partial charge in [-0.05, 0) is 24.4 Å². The Hall–Kier alpha value is -2.34. The van der Waals surface area contributed by atoms with Crippen molar-refractivity contribution in [2.75, 3.05) is 7.11 Å². The van der Waals surface area contributed by atoms with Crippen LogP contribution in [0.2, 0.25) is 0 Å². The molecule has 3 rings (SSSR count). The third-order valence-corrected chi connectivity index (χ3v) is 2.89. The van der Waals surface area contributed by atoms with Gasteiger partial charge >= 0.3 is 0 Å². The van der Waals surface area contributed by atoms with Crippen LogP contribution in [0.15, 0.2) is 36.5 Å². The zero-order chi connectivity index (χ0) is 13.2. The lowest BCUT2D eigenvalue weighted by Crippen LogP contribution is -1.98. The van der Waals surface area contributed by atoms with Gasteiger partial charge in [0.1, 0.15) is 5.82 Å². The van der Waals surface area contributed by atoms with Crippen LogP contribution in [-0.2, 0) is 0 Å². The number of ether oxygens (including phenoxy) is 1. The second-order valence-corrected chi connectivity index (χ2v) is 4.23. The molecule has 19 heavy (non-hydrogen) atoms. The molecule has 0 bridgehead atoms. The summed E-state index contributed by atoms with van der Waals surface area (Å²) in [5.41, 5.74) is 1.72. The van der Waals surface area contributed by atoms with E-state index in [1.54, 1.807) is 6.20 Å². The van der Waals surface area contributed by atoms with E-state index in [9.17, 15) is 0 Å². The number of pyridine rings is 1. The zero-order valence-corrected chi connectivity index (χ0v) is 10.9. The lowest BCUT2D eigenvalue weighted by molar-refractivity contribution is 0.378. The molecule has 2 heterocycles. The molecule has 0 unspecified atom stereocenters. The quantitative estimate of drug-likeness (QED) is 0.725. The van der Waals surface area contributed by atoms with Crippen LogP contribution in [-0.4, -0.2) is 27.0 Å². The van der Waals surface area contributed by atoms with Gasteiger partial charge in [-0.15, -0.1) is 0 Å². The summed E-state index contributed by atoms with van der Waals surface area (Å²) in [7, 11) is 1.53. The van der Waals surface area contributed by atoms with Crippen molar-refractivity contribution in [1.29, 1.82) is 0 Å². The van der Waals surface area contributed by atoms with Gasteiger partial charge in [-0.3, -0.25) is 9.97 Å². The smallest absolute Gasteiger partial charge is 0.297 e. The molecule has 0 aliphatic rings. The Labute approximate surface area is 114 Å². The average molecular weight is 270 g/mol. The summed E-state index contributed by atoms with van der Waals surface area (Å²) in [6, 6.07) is 10.1. The van der Waals surface area contributed by atoms with Gasteiger partial charge in [0.15, 0.2) is 0 Å². The molecule has 0 fully saturated rings. The van der Waals surface area contributed by atoms with E-state index in [4.69, 9.17) is 17.0 Å². The van der Waals surface area contributed by atoms with Crippen molar-refractivity contribution in [2.45, 2.75) is 0 Å². The molecule has 0 amide bonds. The second-order valence-electron chi connectivity index (χ2n) is 3.87. The lowest BCUT2D eigenvalue weighted by atomic mass is 10.1. The highest BCUT2D eigenvalue weighted by molar-refractivity contribution is 7.71. The van der Waals surface area contributed by atoms with Crippen LogP contribution in [0.5, 0.6) is 6.01 Å². The number of aromatic nitrogens is 4. The van der Waals surface area contributed by atoms with Crippen LogP contribution < -0.4 is 4.74 Å². The monoisotopic (exact) mass is 270 g/mol. The molecular formula is C13H10N4OS.